The number of ketones is 1. The van der Waals surface area contributed by atoms with Crippen LogP contribution in [0.4, 0.5) is 15.8 Å². The van der Waals surface area contributed by atoms with Crippen LogP contribution in [0.2, 0.25) is 0 Å². The molecular formula is C25H26FN3O2. The predicted molar refractivity (Wildman–Crippen MR) is 120 cm³/mol. The molecule has 1 aliphatic carbocycles. The molecule has 0 spiro atoms. The van der Waals surface area contributed by atoms with Crippen LogP contribution in [-0.4, -0.2) is 16.3 Å². The van der Waals surface area contributed by atoms with Gasteiger partial charge in [-0.3, -0.25) is 9.59 Å². The number of fused-ring (bicyclic) bond motifs is 1. The van der Waals surface area contributed by atoms with Gasteiger partial charge in [0.2, 0.25) is 0 Å². The second-order valence-corrected chi connectivity index (χ2v) is 9.11. The van der Waals surface area contributed by atoms with Gasteiger partial charge in [-0.25, -0.2) is 4.39 Å². The summed E-state index contributed by atoms with van der Waals surface area (Å²) in [6.07, 6.45) is 1.31. The maximum absolute atomic E-state index is 13.7. The average Bonchev–Trinajstić information content (AvgIpc) is 2.99. The third kappa shape index (κ3) is 3.85. The van der Waals surface area contributed by atoms with Crippen LogP contribution in [0.1, 0.15) is 57.9 Å². The Morgan fingerprint density at radius 2 is 1.84 bits per heavy atom. The van der Waals surface area contributed by atoms with E-state index >= 15 is 0 Å². The number of anilines is 2. The first-order valence-corrected chi connectivity index (χ1v) is 10.3. The van der Waals surface area contributed by atoms with Gasteiger partial charge >= 0.3 is 0 Å². The summed E-state index contributed by atoms with van der Waals surface area (Å²) in [5.74, 6) is -0.700. The first-order chi connectivity index (χ1) is 14.6. The van der Waals surface area contributed by atoms with Crippen LogP contribution in [-0.2, 0) is 6.42 Å². The number of primary amides is 1. The van der Waals surface area contributed by atoms with Crippen LogP contribution >= 0.6 is 0 Å². The number of aromatic nitrogens is 1. The summed E-state index contributed by atoms with van der Waals surface area (Å²) in [5, 5.41) is 3.20. The molecule has 2 aromatic carbocycles. The molecule has 4 rings (SSSR count). The smallest absolute Gasteiger partial charge is 0.250 e. The van der Waals surface area contributed by atoms with Gasteiger partial charge in [0, 0.05) is 34.7 Å². The van der Waals surface area contributed by atoms with Gasteiger partial charge < -0.3 is 15.6 Å². The van der Waals surface area contributed by atoms with E-state index in [-0.39, 0.29) is 17.0 Å². The Morgan fingerprint density at radius 1 is 1.10 bits per heavy atom. The maximum atomic E-state index is 13.7. The summed E-state index contributed by atoms with van der Waals surface area (Å²) < 4.78 is 15.7. The highest BCUT2D eigenvalue weighted by molar-refractivity contribution is 6.00. The molecule has 0 saturated heterocycles. The minimum Gasteiger partial charge on any atom is -0.366 e. The minimum atomic E-state index is -0.560. The average molecular weight is 420 g/mol. The van der Waals surface area contributed by atoms with E-state index in [1.165, 1.54) is 6.07 Å². The first-order valence-electron chi connectivity index (χ1n) is 10.3. The topological polar surface area (TPSA) is 77.1 Å². The second kappa shape index (κ2) is 7.38. The summed E-state index contributed by atoms with van der Waals surface area (Å²) in [7, 11) is 0. The molecule has 5 nitrogen and oxygen atoms in total. The van der Waals surface area contributed by atoms with Crippen LogP contribution in [0.15, 0.2) is 42.5 Å². The van der Waals surface area contributed by atoms with Gasteiger partial charge in [-0.15, -0.1) is 0 Å². The van der Waals surface area contributed by atoms with Gasteiger partial charge in [0.05, 0.1) is 11.3 Å². The highest BCUT2D eigenvalue weighted by atomic mass is 19.1. The van der Waals surface area contributed by atoms with Crippen molar-refractivity contribution in [2.24, 2.45) is 11.1 Å². The number of benzene rings is 2. The van der Waals surface area contributed by atoms with Crippen molar-refractivity contribution in [3.8, 4) is 5.69 Å². The zero-order valence-electron chi connectivity index (χ0n) is 18.2. The Kier molecular flexibility index (Phi) is 4.96. The number of nitrogens with two attached hydrogens (primary N) is 1. The van der Waals surface area contributed by atoms with E-state index in [0.29, 0.717) is 28.9 Å². The Labute approximate surface area is 181 Å². The zero-order chi connectivity index (χ0) is 22.5. The third-order valence-electron chi connectivity index (χ3n) is 5.84. The molecule has 0 bridgehead atoms. The van der Waals surface area contributed by atoms with E-state index in [1.54, 1.807) is 25.1 Å². The molecule has 3 aromatic rings. The molecule has 0 atom stereocenters. The fraction of sp³-hybridized carbons (Fsp3) is 0.280. The molecule has 0 radical (unpaired) electrons. The van der Waals surface area contributed by atoms with Gasteiger partial charge in [-0.2, -0.15) is 0 Å². The van der Waals surface area contributed by atoms with Crippen molar-refractivity contribution in [3.63, 3.8) is 0 Å². The largest absolute Gasteiger partial charge is 0.366 e. The number of aryl methyl sites for hydroxylation is 2. The summed E-state index contributed by atoms with van der Waals surface area (Å²) in [4.78, 5) is 24.7. The third-order valence-corrected chi connectivity index (χ3v) is 5.84. The van der Waals surface area contributed by atoms with Crippen molar-refractivity contribution >= 4 is 23.1 Å². The number of hydrogen-bond donors (Lipinski definition) is 2. The van der Waals surface area contributed by atoms with Gasteiger partial charge in [0.1, 0.15) is 5.82 Å². The highest BCUT2D eigenvalue weighted by Crippen LogP contribution is 2.38. The number of halogens is 1. The van der Waals surface area contributed by atoms with Crippen LogP contribution < -0.4 is 11.1 Å². The molecule has 3 N–H and O–H groups in total. The van der Waals surface area contributed by atoms with Crippen molar-refractivity contribution in [3.05, 3.63) is 76.4 Å². The Morgan fingerprint density at radius 3 is 2.52 bits per heavy atom. The van der Waals surface area contributed by atoms with Crippen LogP contribution in [0.3, 0.4) is 0 Å². The fourth-order valence-electron chi connectivity index (χ4n) is 4.38. The van der Waals surface area contributed by atoms with Crippen molar-refractivity contribution in [1.82, 2.24) is 4.57 Å². The van der Waals surface area contributed by atoms with Crippen LogP contribution in [0.25, 0.3) is 5.69 Å². The summed E-state index contributed by atoms with van der Waals surface area (Å²) in [6.45, 7) is 7.85. The lowest BCUT2D eigenvalue weighted by Crippen LogP contribution is -2.27. The molecule has 1 heterocycles. The van der Waals surface area contributed by atoms with E-state index < -0.39 is 5.91 Å². The summed E-state index contributed by atoms with van der Waals surface area (Å²) in [5.41, 5.74) is 11.0. The number of hydrogen-bond acceptors (Lipinski definition) is 3. The van der Waals surface area contributed by atoms with E-state index in [0.717, 1.165) is 29.1 Å². The molecule has 0 saturated carbocycles. The van der Waals surface area contributed by atoms with E-state index in [2.05, 4.69) is 23.7 Å². The zero-order valence-corrected chi connectivity index (χ0v) is 18.2. The predicted octanol–water partition coefficient (Wildman–Crippen LogP) is 5.23. The Hall–Kier alpha value is -3.41. The lowest BCUT2D eigenvalue weighted by Gasteiger charge is -2.30. The van der Waals surface area contributed by atoms with Gasteiger partial charge in [0.15, 0.2) is 5.78 Å². The summed E-state index contributed by atoms with van der Waals surface area (Å²) >= 11 is 0. The number of nitrogens with one attached hydrogen (secondary N) is 1. The number of amides is 1. The molecule has 6 heteroatoms. The number of rotatable bonds is 4. The standard InChI is InChI=1S/C25H26FN3O2/c1-14-9-16(5-8-20(14)26)28-21-11-17(6-7-18(21)24(27)31)29-15(2)10-19-22(29)12-25(3,4)13-23(19)30/h5-11,28H,12-13H2,1-4H3,(H2,27,31). The van der Waals surface area contributed by atoms with Gasteiger partial charge in [-0.1, -0.05) is 13.8 Å². The second-order valence-electron chi connectivity index (χ2n) is 9.11. The number of carbonyl (C=O) groups is 2. The Balaban J connectivity index is 1.83. The van der Waals surface area contributed by atoms with Crippen LogP contribution in [0, 0.1) is 25.1 Å². The fourth-order valence-corrected chi connectivity index (χ4v) is 4.38. The minimum absolute atomic E-state index is 0.119. The molecule has 31 heavy (non-hydrogen) atoms. The first kappa shape index (κ1) is 20.8. The van der Waals surface area contributed by atoms with Crippen molar-refractivity contribution in [2.75, 3.05) is 5.32 Å². The lowest BCUT2D eigenvalue weighted by molar-refractivity contribution is 0.0910. The van der Waals surface area contributed by atoms with Crippen molar-refractivity contribution in [1.29, 1.82) is 0 Å². The molecule has 0 unspecified atom stereocenters. The van der Waals surface area contributed by atoms with E-state index in [9.17, 15) is 14.0 Å². The van der Waals surface area contributed by atoms with E-state index in [4.69, 9.17) is 5.73 Å². The summed E-state index contributed by atoms with van der Waals surface area (Å²) in [6, 6.07) is 12.0. The molecule has 0 fully saturated rings. The molecule has 1 aromatic heterocycles. The normalized spacial score (nSPS) is 14.9. The number of carbonyl (C=O) groups excluding carboxylic acids is 2. The molecule has 1 amide bonds. The van der Waals surface area contributed by atoms with Crippen molar-refractivity contribution < 1.29 is 14.0 Å². The van der Waals surface area contributed by atoms with Gasteiger partial charge in [0.25, 0.3) is 5.91 Å². The lowest BCUT2D eigenvalue weighted by atomic mass is 9.76. The molecular weight excluding hydrogens is 393 g/mol. The molecule has 1 aliphatic rings. The molecule has 0 aliphatic heterocycles. The monoisotopic (exact) mass is 419 g/mol. The van der Waals surface area contributed by atoms with Crippen molar-refractivity contribution in [2.45, 2.75) is 40.5 Å². The van der Waals surface area contributed by atoms with E-state index in [1.807, 2.05) is 25.1 Å². The van der Waals surface area contributed by atoms with Gasteiger partial charge in [-0.05, 0) is 73.7 Å². The van der Waals surface area contributed by atoms with Crippen LogP contribution in [0.5, 0.6) is 0 Å². The quantitative estimate of drug-likeness (QED) is 0.608. The highest BCUT2D eigenvalue weighted by Gasteiger charge is 2.34. The molecule has 160 valence electrons. The Bertz CT molecular complexity index is 1220. The number of nitrogens with zero attached hydrogens (tertiary/aromatic N) is 1. The maximum Gasteiger partial charge on any atom is 0.250 e. The SMILES string of the molecule is Cc1cc(Nc2cc(-n3c(C)cc4c3CC(C)(C)CC4=O)ccc2C(N)=O)ccc1F. The number of Topliss-reactive ketones (excluding diaryl/α,β-unsaturated/α-hetero) is 1.